The first kappa shape index (κ1) is 20.5. The molecule has 0 unspecified atom stereocenters. The van der Waals surface area contributed by atoms with Crippen LogP contribution in [0.25, 0.3) is 10.9 Å². The first-order chi connectivity index (χ1) is 14.8. The van der Waals surface area contributed by atoms with Crippen LogP contribution in [-0.4, -0.2) is 21.1 Å². The molecule has 1 amide bonds. The van der Waals surface area contributed by atoms with Gasteiger partial charge in [0.1, 0.15) is 11.4 Å². The monoisotopic (exact) mass is 452 g/mol. The Morgan fingerprint density at radius 1 is 1.13 bits per heavy atom. The zero-order valence-corrected chi connectivity index (χ0v) is 16.2. The van der Waals surface area contributed by atoms with Gasteiger partial charge in [-0.3, -0.25) is 9.89 Å². The van der Waals surface area contributed by atoms with Crippen LogP contribution in [0.2, 0.25) is 5.02 Å². The van der Waals surface area contributed by atoms with Crippen molar-refractivity contribution in [3.8, 4) is 0 Å². The van der Waals surface area contributed by atoms with Crippen LogP contribution in [0.15, 0.2) is 30.5 Å². The van der Waals surface area contributed by atoms with Crippen LogP contribution in [0.5, 0.6) is 0 Å². The van der Waals surface area contributed by atoms with Gasteiger partial charge in [0.05, 0.1) is 5.52 Å². The molecule has 0 saturated carbocycles. The highest BCUT2D eigenvalue weighted by atomic mass is 35.5. The lowest BCUT2D eigenvalue weighted by Crippen LogP contribution is -2.15. The molecule has 12 heteroatoms. The lowest BCUT2D eigenvalue weighted by Gasteiger charge is -2.08. The highest BCUT2D eigenvalue weighted by Gasteiger charge is 2.24. The molecule has 4 aromatic rings. The summed E-state index contributed by atoms with van der Waals surface area (Å²) in [6.45, 7) is -0.194. The Hall–Kier alpha value is -3.73. The Labute approximate surface area is 176 Å². The van der Waals surface area contributed by atoms with E-state index in [1.165, 1.54) is 6.20 Å². The Morgan fingerprint density at radius 2 is 1.87 bits per heavy atom. The number of H-pyrrole nitrogens is 2. The largest absolute Gasteiger partial charge is 0.366 e. The van der Waals surface area contributed by atoms with Crippen molar-refractivity contribution in [1.82, 2.24) is 15.2 Å². The predicted octanol–water partition coefficient (Wildman–Crippen LogP) is 4.56. The van der Waals surface area contributed by atoms with Crippen LogP contribution in [0.3, 0.4) is 0 Å². The van der Waals surface area contributed by atoms with Gasteiger partial charge in [-0.15, -0.1) is 0 Å². The number of fused-ring (bicyclic) bond motifs is 1. The van der Waals surface area contributed by atoms with Crippen molar-refractivity contribution in [1.29, 1.82) is 0 Å². The minimum absolute atomic E-state index is 0.0382. The molecule has 7 nitrogen and oxygen atoms in total. The quantitative estimate of drug-likeness (QED) is 0.168. The number of rotatable bonds is 6. The molecule has 0 aliphatic heterocycles. The van der Waals surface area contributed by atoms with E-state index >= 15 is 0 Å². The highest BCUT2D eigenvalue weighted by molar-refractivity contribution is 6.30. The van der Waals surface area contributed by atoms with Crippen LogP contribution < -0.4 is 16.4 Å². The van der Waals surface area contributed by atoms with Gasteiger partial charge in [-0.05, 0) is 23.8 Å². The van der Waals surface area contributed by atoms with Crippen molar-refractivity contribution in [3.63, 3.8) is 0 Å². The molecule has 0 bridgehead atoms. The van der Waals surface area contributed by atoms with Gasteiger partial charge in [0.2, 0.25) is 0 Å². The minimum Gasteiger partial charge on any atom is -0.366 e. The topological polar surface area (TPSA) is 112 Å². The van der Waals surface area contributed by atoms with Crippen LogP contribution in [0, 0.1) is 23.3 Å². The first-order valence-corrected chi connectivity index (χ1v) is 9.12. The van der Waals surface area contributed by atoms with Gasteiger partial charge in [-0.1, -0.05) is 17.7 Å². The number of hydrogen-bond donors (Lipinski definition) is 5. The second kappa shape index (κ2) is 7.84. The summed E-state index contributed by atoms with van der Waals surface area (Å²) in [6, 6.07) is 6.64. The molecule has 0 atom stereocenters. The smallest absolute Gasteiger partial charge is 0.256 e. The molecule has 0 fully saturated rings. The van der Waals surface area contributed by atoms with Gasteiger partial charge in [0, 0.05) is 28.8 Å². The summed E-state index contributed by atoms with van der Waals surface area (Å²) in [7, 11) is 0. The molecule has 2 aromatic carbocycles. The Balaban J connectivity index is 1.64. The van der Waals surface area contributed by atoms with E-state index in [1.54, 1.807) is 24.3 Å². The number of carbonyl (C=O) groups excluding carboxylic acids is 1. The number of nitrogens with two attached hydrogens (primary N) is 1. The van der Waals surface area contributed by atoms with E-state index in [9.17, 15) is 22.4 Å². The summed E-state index contributed by atoms with van der Waals surface area (Å²) in [5.41, 5.74) is 5.52. The van der Waals surface area contributed by atoms with Gasteiger partial charge in [-0.25, -0.2) is 17.6 Å². The molecule has 6 N–H and O–H groups in total. The maximum atomic E-state index is 14.2. The molecule has 4 rings (SSSR count). The number of amides is 1. The van der Waals surface area contributed by atoms with E-state index in [0.29, 0.717) is 10.7 Å². The number of carbonyl (C=O) groups is 1. The van der Waals surface area contributed by atoms with E-state index < -0.39 is 40.1 Å². The average molecular weight is 453 g/mol. The maximum Gasteiger partial charge on any atom is 0.256 e. The van der Waals surface area contributed by atoms with Gasteiger partial charge in [0.25, 0.3) is 5.91 Å². The summed E-state index contributed by atoms with van der Waals surface area (Å²) in [6.07, 6.45) is 1.19. The first-order valence-electron chi connectivity index (χ1n) is 8.74. The predicted molar refractivity (Wildman–Crippen MR) is 107 cm³/mol. The summed E-state index contributed by atoms with van der Waals surface area (Å²) in [4.78, 5) is 14.3. The van der Waals surface area contributed by atoms with E-state index in [0.717, 1.165) is 0 Å². The number of aromatic amines is 2. The number of halogens is 5. The fourth-order valence-electron chi connectivity index (χ4n) is 3.13. The van der Waals surface area contributed by atoms with Gasteiger partial charge in [-0.2, -0.15) is 5.10 Å². The van der Waals surface area contributed by atoms with Crippen molar-refractivity contribution in [2.75, 3.05) is 10.6 Å². The molecule has 0 aliphatic carbocycles. The van der Waals surface area contributed by atoms with E-state index in [-0.39, 0.29) is 29.3 Å². The summed E-state index contributed by atoms with van der Waals surface area (Å²) < 4.78 is 55.2. The molecule has 2 aromatic heterocycles. The van der Waals surface area contributed by atoms with Gasteiger partial charge >= 0.3 is 0 Å². The summed E-state index contributed by atoms with van der Waals surface area (Å²) >= 11 is 5.94. The number of aromatic nitrogens is 3. The zero-order chi connectivity index (χ0) is 22.3. The number of benzene rings is 2. The fraction of sp³-hybridized carbons (Fsp3) is 0.0526. The number of primary amides is 1. The van der Waals surface area contributed by atoms with Crippen molar-refractivity contribution < 1.29 is 22.4 Å². The molecule has 0 saturated heterocycles. The Morgan fingerprint density at radius 3 is 2.58 bits per heavy atom. The van der Waals surface area contributed by atoms with Crippen molar-refractivity contribution >= 4 is 45.7 Å². The standard InChI is InChI=1S/C19H13ClF4N6O/c20-8-2-1-3-9(4-8)28-19-11(17(25)31)18(29-30-19)27-6-7-5-26-16-10(7)12(21)13(22)14(23)15(16)24/h1-5,26H,6H2,(H2,25,31)(H3,27,28,29,30). The van der Waals surface area contributed by atoms with Crippen molar-refractivity contribution in [2.24, 2.45) is 5.73 Å². The SMILES string of the molecule is NC(=O)c1c(Nc2cccc(Cl)c2)n[nH]c1NCc1c[nH]c2c(F)c(F)c(F)c(F)c12. The van der Waals surface area contributed by atoms with E-state index in [4.69, 9.17) is 17.3 Å². The van der Waals surface area contributed by atoms with Gasteiger partial charge in [0.15, 0.2) is 29.1 Å². The van der Waals surface area contributed by atoms with Crippen molar-refractivity contribution in [3.05, 3.63) is 69.9 Å². The maximum absolute atomic E-state index is 14.2. The lowest BCUT2D eigenvalue weighted by molar-refractivity contribution is 0.100. The summed E-state index contributed by atoms with van der Waals surface area (Å²) in [5.74, 6) is -7.55. The lowest BCUT2D eigenvalue weighted by atomic mass is 10.1. The number of hydrogen-bond acceptors (Lipinski definition) is 4. The zero-order valence-electron chi connectivity index (χ0n) is 15.4. The molecule has 31 heavy (non-hydrogen) atoms. The van der Waals surface area contributed by atoms with Crippen LogP contribution in [-0.2, 0) is 6.54 Å². The molecule has 0 aliphatic rings. The van der Waals surface area contributed by atoms with E-state index in [1.807, 2.05) is 0 Å². The highest BCUT2D eigenvalue weighted by Crippen LogP contribution is 2.30. The molecular weight excluding hydrogens is 440 g/mol. The molecule has 0 radical (unpaired) electrons. The number of anilines is 3. The van der Waals surface area contributed by atoms with Crippen molar-refractivity contribution in [2.45, 2.75) is 6.54 Å². The third-order valence-electron chi connectivity index (χ3n) is 4.53. The third-order valence-corrected chi connectivity index (χ3v) is 4.77. The molecule has 0 spiro atoms. The van der Waals surface area contributed by atoms with Crippen LogP contribution >= 0.6 is 11.6 Å². The number of nitrogens with zero attached hydrogens (tertiary/aromatic N) is 1. The molecule has 160 valence electrons. The molecule has 2 heterocycles. The van der Waals surface area contributed by atoms with E-state index in [2.05, 4.69) is 25.8 Å². The van der Waals surface area contributed by atoms with Crippen LogP contribution in [0.4, 0.5) is 34.9 Å². The second-order valence-electron chi connectivity index (χ2n) is 6.50. The normalized spacial score (nSPS) is 11.1. The van der Waals surface area contributed by atoms with Gasteiger partial charge < -0.3 is 21.4 Å². The Bertz CT molecular complexity index is 1320. The Kier molecular flexibility index (Phi) is 5.19. The average Bonchev–Trinajstić information content (AvgIpc) is 3.33. The van der Waals surface area contributed by atoms with Crippen LogP contribution in [0.1, 0.15) is 15.9 Å². The second-order valence-corrected chi connectivity index (χ2v) is 6.93. The summed E-state index contributed by atoms with van der Waals surface area (Å²) in [5, 5.41) is 12.2. The molecular formula is C19H13ClF4N6O. The third kappa shape index (κ3) is 3.63. The number of nitrogens with one attached hydrogen (secondary N) is 4. The fourth-order valence-corrected chi connectivity index (χ4v) is 3.32. The minimum atomic E-state index is -1.92.